The molecule has 1 aliphatic carbocycles. The number of sulfonamides is 1. The second-order valence-electron chi connectivity index (χ2n) is 6.20. The van der Waals surface area contributed by atoms with Gasteiger partial charge in [0, 0.05) is 11.6 Å². The van der Waals surface area contributed by atoms with Crippen LogP contribution in [0.1, 0.15) is 34.3 Å². The smallest absolute Gasteiger partial charge is 0.261 e. The molecule has 0 bridgehead atoms. The van der Waals surface area contributed by atoms with Gasteiger partial charge in [0.1, 0.15) is 0 Å². The van der Waals surface area contributed by atoms with Gasteiger partial charge in [-0.1, -0.05) is 12.1 Å². The van der Waals surface area contributed by atoms with Crippen LogP contribution in [-0.2, 0) is 10.0 Å². The molecule has 0 aromatic heterocycles. The zero-order chi connectivity index (χ0) is 17.3. The van der Waals surface area contributed by atoms with Crippen LogP contribution in [0.5, 0.6) is 0 Å². The molecule has 1 fully saturated rings. The van der Waals surface area contributed by atoms with Crippen molar-refractivity contribution in [2.75, 3.05) is 4.72 Å². The fourth-order valence-corrected chi connectivity index (χ4v) is 3.45. The van der Waals surface area contributed by atoms with E-state index < -0.39 is 10.0 Å². The Hall–Kier alpha value is -2.34. The van der Waals surface area contributed by atoms with E-state index in [2.05, 4.69) is 10.0 Å². The number of carbonyl (C=O) groups excluding carboxylic acids is 1. The largest absolute Gasteiger partial charge is 0.349 e. The van der Waals surface area contributed by atoms with E-state index in [1.54, 1.807) is 6.07 Å². The third-order valence-electron chi connectivity index (χ3n) is 3.98. The Morgan fingerprint density at radius 3 is 2.33 bits per heavy atom. The molecule has 0 unspecified atom stereocenters. The standard InChI is InChI=1S/C18H20N2O3S/c1-12-3-4-13(2)17(11-12)20-24(22,23)16-9-5-14(6-10-16)18(21)19-15-7-8-15/h3-6,9-11,15,20H,7-8H2,1-2H3,(H,19,21). The van der Waals surface area contributed by atoms with Gasteiger partial charge in [-0.15, -0.1) is 0 Å². The van der Waals surface area contributed by atoms with Gasteiger partial charge in [-0.2, -0.15) is 0 Å². The van der Waals surface area contributed by atoms with E-state index in [4.69, 9.17) is 0 Å². The number of amides is 1. The van der Waals surface area contributed by atoms with E-state index in [0.717, 1.165) is 24.0 Å². The van der Waals surface area contributed by atoms with Gasteiger partial charge in [0.2, 0.25) is 0 Å². The molecule has 0 aliphatic heterocycles. The molecule has 2 aromatic carbocycles. The van der Waals surface area contributed by atoms with E-state index in [0.29, 0.717) is 11.3 Å². The maximum Gasteiger partial charge on any atom is 0.261 e. The van der Waals surface area contributed by atoms with Crippen LogP contribution in [0.25, 0.3) is 0 Å². The van der Waals surface area contributed by atoms with E-state index in [1.807, 2.05) is 26.0 Å². The molecule has 6 heteroatoms. The van der Waals surface area contributed by atoms with Crippen molar-refractivity contribution in [2.24, 2.45) is 0 Å². The molecule has 1 amide bonds. The summed E-state index contributed by atoms with van der Waals surface area (Å²) in [4.78, 5) is 12.1. The average Bonchev–Trinajstić information content (AvgIpc) is 3.35. The van der Waals surface area contributed by atoms with Crippen molar-refractivity contribution in [1.82, 2.24) is 5.32 Å². The molecule has 0 spiro atoms. The number of hydrogen-bond donors (Lipinski definition) is 2. The average molecular weight is 344 g/mol. The molecule has 126 valence electrons. The molecule has 0 saturated heterocycles. The van der Waals surface area contributed by atoms with E-state index in [1.165, 1.54) is 24.3 Å². The highest BCUT2D eigenvalue weighted by Gasteiger charge is 2.24. The fourth-order valence-electron chi connectivity index (χ4n) is 2.33. The van der Waals surface area contributed by atoms with E-state index in [9.17, 15) is 13.2 Å². The van der Waals surface area contributed by atoms with Crippen LogP contribution in [0.3, 0.4) is 0 Å². The fraction of sp³-hybridized carbons (Fsp3) is 0.278. The minimum Gasteiger partial charge on any atom is -0.349 e. The van der Waals surface area contributed by atoms with Gasteiger partial charge in [0.05, 0.1) is 10.6 Å². The molecule has 24 heavy (non-hydrogen) atoms. The third kappa shape index (κ3) is 3.76. The molecule has 3 rings (SSSR count). The van der Waals surface area contributed by atoms with Gasteiger partial charge in [-0.05, 0) is 68.1 Å². The third-order valence-corrected chi connectivity index (χ3v) is 5.36. The topological polar surface area (TPSA) is 75.3 Å². The summed E-state index contributed by atoms with van der Waals surface area (Å²) in [6.45, 7) is 3.76. The maximum atomic E-state index is 12.5. The molecule has 5 nitrogen and oxygen atoms in total. The van der Waals surface area contributed by atoms with Gasteiger partial charge in [-0.3, -0.25) is 9.52 Å². The monoisotopic (exact) mass is 344 g/mol. The van der Waals surface area contributed by atoms with Crippen LogP contribution in [0.15, 0.2) is 47.4 Å². The van der Waals surface area contributed by atoms with Crippen molar-refractivity contribution < 1.29 is 13.2 Å². The number of carbonyl (C=O) groups is 1. The van der Waals surface area contributed by atoms with Crippen LogP contribution in [0, 0.1) is 13.8 Å². The summed E-state index contributed by atoms with van der Waals surface area (Å²) in [6, 6.07) is 11.9. The summed E-state index contributed by atoms with van der Waals surface area (Å²) in [5.74, 6) is -0.163. The molecule has 0 radical (unpaired) electrons. The number of hydrogen-bond acceptors (Lipinski definition) is 3. The predicted octanol–water partition coefficient (Wildman–Crippen LogP) is 3.00. The maximum absolute atomic E-state index is 12.5. The molecule has 0 heterocycles. The summed E-state index contributed by atoms with van der Waals surface area (Å²) in [5.41, 5.74) is 2.85. The van der Waals surface area contributed by atoms with Gasteiger partial charge in [-0.25, -0.2) is 8.42 Å². The number of benzene rings is 2. The predicted molar refractivity (Wildman–Crippen MR) is 93.7 cm³/mol. The van der Waals surface area contributed by atoms with Crippen molar-refractivity contribution in [3.8, 4) is 0 Å². The highest BCUT2D eigenvalue weighted by atomic mass is 32.2. The summed E-state index contributed by atoms with van der Waals surface area (Å²) in [5, 5.41) is 2.88. The number of anilines is 1. The second-order valence-corrected chi connectivity index (χ2v) is 7.88. The molecule has 1 aliphatic rings. The number of rotatable bonds is 5. The lowest BCUT2D eigenvalue weighted by Gasteiger charge is -2.12. The highest BCUT2D eigenvalue weighted by Crippen LogP contribution is 2.22. The van der Waals surface area contributed by atoms with Crippen molar-refractivity contribution in [1.29, 1.82) is 0 Å². The van der Waals surface area contributed by atoms with Crippen molar-refractivity contribution >= 4 is 21.6 Å². The van der Waals surface area contributed by atoms with Gasteiger partial charge < -0.3 is 5.32 Å². The van der Waals surface area contributed by atoms with Crippen molar-refractivity contribution in [3.05, 3.63) is 59.2 Å². The SMILES string of the molecule is Cc1ccc(C)c(NS(=O)(=O)c2ccc(C(=O)NC3CC3)cc2)c1. The minimum atomic E-state index is -3.69. The first kappa shape index (κ1) is 16.5. The Morgan fingerprint density at radius 1 is 1.04 bits per heavy atom. The van der Waals surface area contributed by atoms with Crippen LogP contribution in [0.4, 0.5) is 5.69 Å². The first-order valence-electron chi connectivity index (χ1n) is 7.86. The molecule has 1 saturated carbocycles. The summed E-state index contributed by atoms with van der Waals surface area (Å²) in [6.07, 6.45) is 2.02. The van der Waals surface area contributed by atoms with Crippen LogP contribution < -0.4 is 10.0 Å². The Bertz CT molecular complexity index is 870. The summed E-state index contributed by atoms with van der Waals surface area (Å²) >= 11 is 0. The summed E-state index contributed by atoms with van der Waals surface area (Å²) in [7, 11) is -3.69. The summed E-state index contributed by atoms with van der Waals surface area (Å²) < 4.78 is 27.7. The zero-order valence-corrected chi connectivity index (χ0v) is 14.5. The van der Waals surface area contributed by atoms with Crippen molar-refractivity contribution in [2.45, 2.75) is 37.6 Å². The lowest BCUT2D eigenvalue weighted by atomic mass is 10.1. The molecule has 2 N–H and O–H groups in total. The molecular formula is C18H20N2O3S. The highest BCUT2D eigenvalue weighted by molar-refractivity contribution is 7.92. The van der Waals surface area contributed by atoms with Crippen LogP contribution in [0.2, 0.25) is 0 Å². The zero-order valence-electron chi connectivity index (χ0n) is 13.7. The van der Waals surface area contributed by atoms with E-state index >= 15 is 0 Å². The Kier molecular flexibility index (Phi) is 4.32. The number of nitrogens with one attached hydrogen (secondary N) is 2. The van der Waals surface area contributed by atoms with E-state index in [-0.39, 0.29) is 16.8 Å². The Morgan fingerprint density at radius 2 is 1.71 bits per heavy atom. The molecule has 0 atom stereocenters. The van der Waals surface area contributed by atoms with Gasteiger partial charge in [0.15, 0.2) is 0 Å². The molecule has 2 aromatic rings. The lowest BCUT2D eigenvalue weighted by molar-refractivity contribution is 0.0951. The Balaban J connectivity index is 1.79. The molecular weight excluding hydrogens is 324 g/mol. The second kappa shape index (κ2) is 6.28. The van der Waals surface area contributed by atoms with Crippen LogP contribution in [-0.4, -0.2) is 20.4 Å². The first-order chi connectivity index (χ1) is 11.3. The van der Waals surface area contributed by atoms with Crippen LogP contribution >= 0.6 is 0 Å². The normalized spacial score (nSPS) is 14.2. The number of aryl methyl sites for hydroxylation is 2. The van der Waals surface area contributed by atoms with Gasteiger partial charge >= 0.3 is 0 Å². The lowest BCUT2D eigenvalue weighted by Crippen LogP contribution is -2.25. The Labute approximate surface area is 142 Å². The van der Waals surface area contributed by atoms with Gasteiger partial charge in [0.25, 0.3) is 15.9 Å². The first-order valence-corrected chi connectivity index (χ1v) is 9.34. The minimum absolute atomic E-state index is 0.131. The van der Waals surface area contributed by atoms with Crippen molar-refractivity contribution in [3.63, 3.8) is 0 Å². The quantitative estimate of drug-likeness (QED) is 0.875.